The number of ether oxygens (including phenoxy) is 2. The second-order valence-electron chi connectivity index (χ2n) is 13.8. The molecule has 0 spiro atoms. The van der Waals surface area contributed by atoms with Crippen molar-refractivity contribution in [2.75, 3.05) is 19.7 Å². The second-order valence-corrected chi connectivity index (χ2v) is 13.8. The molecule has 0 radical (unpaired) electrons. The summed E-state index contributed by atoms with van der Waals surface area (Å²) in [5, 5.41) is 7.28. The van der Waals surface area contributed by atoms with E-state index in [1.165, 1.54) is 4.90 Å². The molecule has 1 heterocycles. The van der Waals surface area contributed by atoms with Gasteiger partial charge in [-0.2, -0.15) is 0 Å². The van der Waals surface area contributed by atoms with E-state index < -0.39 is 103 Å². The molecule has 0 saturated carbocycles. The van der Waals surface area contributed by atoms with Gasteiger partial charge >= 0.3 is 12.1 Å². The molecule has 4 amide bonds. The number of hydrogen-bond donors (Lipinski definition) is 3. The number of nitrogens with one attached hydrogen (secondary N) is 3. The van der Waals surface area contributed by atoms with Gasteiger partial charge in [0.1, 0.15) is 29.8 Å². The van der Waals surface area contributed by atoms with Gasteiger partial charge in [0.25, 0.3) is 0 Å². The molecule has 1 aliphatic heterocycles. The number of nitrogens with zero attached hydrogens (tertiary/aromatic N) is 1. The van der Waals surface area contributed by atoms with Crippen LogP contribution in [0.1, 0.15) is 81.8 Å². The van der Waals surface area contributed by atoms with Crippen molar-refractivity contribution in [3.8, 4) is 0 Å². The number of alkyl halides is 2. The highest BCUT2D eigenvalue weighted by Gasteiger charge is 2.44. The van der Waals surface area contributed by atoms with Crippen LogP contribution in [0.25, 0.3) is 0 Å². The van der Waals surface area contributed by atoms with E-state index in [2.05, 4.69) is 16.0 Å². The maximum atomic E-state index is 14.7. The lowest BCUT2D eigenvalue weighted by molar-refractivity contribution is -0.141. The monoisotopic (exact) mass is 736 g/mol. The number of benzene rings is 2. The van der Waals surface area contributed by atoms with E-state index in [4.69, 9.17) is 9.47 Å². The summed E-state index contributed by atoms with van der Waals surface area (Å²) in [4.78, 5) is 66.8. The first kappa shape index (κ1) is 41.7. The summed E-state index contributed by atoms with van der Waals surface area (Å²) in [5.74, 6) is -6.23. The number of hydrogen-bond acceptors (Lipinski definition) is 7. The van der Waals surface area contributed by atoms with Crippen molar-refractivity contribution in [3.63, 3.8) is 0 Å². The molecule has 15 heteroatoms. The molecule has 1 saturated heterocycles. The van der Waals surface area contributed by atoms with Crippen LogP contribution in [0.15, 0.2) is 42.5 Å². The maximum Gasteiger partial charge on any atom is 0.407 e. The number of rotatable bonds is 16. The molecule has 2 aromatic rings. The van der Waals surface area contributed by atoms with Crippen molar-refractivity contribution in [2.24, 2.45) is 11.8 Å². The van der Waals surface area contributed by atoms with Crippen LogP contribution in [-0.4, -0.2) is 85.0 Å². The van der Waals surface area contributed by atoms with Crippen molar-refractivity contribution in [2.45, 2.75) is 97.4 Å². The van der Waals surface area contributed by atoms with Crippen LogP contribution in [0, 0.1) is 23.5 Å². The van der Waals surface area contributed by atoms with E-state index in [-0.39, 0.29) is 37.0 Å². The van der Waals surface area contributed by atoms with E-state index in [9.17, 15) is 41.5 Å². The molecule has 286 valence electrons. The molecule has 0 unspecified atom stereocenters. The number of halogens is 4. The number of alkyl carbamates (subject to hydrolysis) is 1. The van der Waals surface area contributed by atoms with Crippen molar-refractivity contribution in [1.82, 2.24) is 20.9 Å². The number of carbonyl (C=O) groups excluding carboxylic acids is 5. The predicted molar refractivity (Wildman–Crippen MR) is 183 cm³/mol. The van der Waals surface area contributed by atoms with E-state index >= 15 is 0 Å². The maximum absolute atomic E-state index is 14.7. The zero-order chi connectivity index (χ0) is 38.7. The molecule has 4 atom stereocenters. The second kappa shape index (κ2) is 19.2. The third-order valence-electron chi connectivity index (χ3n) is 8.35. The van der Waals surface area contributed by atoms with Gasteiger partial charge in [-0.15, -0.1) is 0 Å². The predicted octanol–water partition coefficient (Wildman–Crippen LogP) is 5.12. The lowest BCUT2D eigenvalue weighted by Gasteiger charge is -2.31. The van der Waals surface area contributed by atoms with E-state index in [0.29, 0.717) is 0 Å². The minimum atomic E-state index is -3.02. The molecule has 0 bridgehead atoms. The number of carbonyl (C=O) groups is 5. The largest absolute Gasteiger partial charge is 0.459 e. The Morgan fingerprint density at radius 2 is 1.56 bits per heavy atom. The number of amides is 4. The first-order valence-corrected chi connectivity index (χ1v) is 17.3. The first-order valence-electron chi connectivity index (χ1n) is 17.3. The lowest BCUT2D eigenvalue weighted by Crippen LogP contribution is -2.57. The highest BCUT2D eigenvalue weighted by molar-refractivity contribution is 5.94. The Labute approximate surface area is 301 Å². The minimum absolute atomic E-state index is 0.0476. The molecule has 1 fully saturated rings. The molecule has 1 aliphatic rings. The SMILES string of the molecule is CC(C)COC(=O)N[C@H](C(=O)N1C[C@H](c2ccccc2)C[C@H]1C(=O)N[C@@H](CC(F)F)C(=O)NCCc1c(F)cc(C(=O)OC(C)C)cc1F)C(C)C. The Balaban J connectivity index is 1.77. The van der Waals surface area contributed by atoms with Gasteiger partial charge in [-0.1, -0.05) is 58.0 Å². The van der Waals surface area contributed by atoms with Crippen LogP contribution in [0.2, 0.25) is 0 Å². The zero-order valence-corrected chi connectivity index (χ0v) is 30.2. The molecular weight excluding hydrogens is 688 g/mol. The third kappa shape index (κ3) is 11.9. The summed E-state index contributed by atoms with van der Waals surface area (Å²) < 4.78 is 67.0. The van der Waals surface area contributed by atoms with Crippen LogP contribution in [0.4, 0.5) is 22.4 Å². The molecular formula is C37H48F4N4O7. The molecule has 11 nitrogen and oxygen atoms in total. The Kier molecular flexibility index (Phi) is 15.4. The lowest BCUT2D eigenvalue weighted by atomic mass is 9.96. The van der Waals surface area contributed by atoms with Crippen molar-refractivity contribution in [3.05, 3.63) is 70.8 Å². The molecule has 0 aromatic heterocycles. The number of esters is 1. The van der Waals surface area contributed by atoms with Gasteiger partial charge in [0.15, 0.2) is 0 Å². The zero-order valence-electron chi connectivity index (χ0n) is 30.2. The average molecular weight is 737 g/mol. The topological polar surface area (TPSA) is 143 Å². The first-order chi connectivity index (χ1) is 24.5. The van der Waals surface area contributed by atoms with Gasteiger partial charge in [-0.05, 0) is 56.2 Å². The summed E-state index contributed by atoms with van der Waals surface area (Å²) in [5.41, 5.74) is 0.0307. The summed E-state index contributed by atoms with van der Waals surface area (Å²) >= 11 is 0. The molecule has 3 rings (SSSR count). The quantitative estimate of drug-likeness (QED) is 0.160. The average Bonchev–Trinajstić information content (AvgIpc) is 3.52. The standard InChI is InChI=1S/C37H48F4N4O7/c1-20(2)19-51-37(50)44-32(21(3)4)35(48)45-18-25(23-10-8-7-9-11-23)16-30(45)34(47)43-29(17-31(40)41)33(46)42-13-12-26-27(38)14-24(15-28(26)39)36(49)52-22(5)6/h7-11,14-15,20-22,25,29-32H,12-13,16-19H2,1-6H3,(H,42,46)(H,43,47)(H,44,50)/t25-,29+,30+,32+/m1/s1. The van der Waals surface area contributed by atoms with Crippen LogP contribution in [0.5, 0.6) is 0 Å². The van der Waals surface area contributed by atoms with Gasteiger partial charge in [0.2, 0.25) is 24.1 Å². The van der Waals surface area contributed by atoms with E-state index in [1.807, 2.05) is 32.0 Å². The molecule has 0 aliphatic carbocycles. The minimum Gasteiger partial charge on any atom is -0.459 e. The number of likely N-dealkylation sites (tertiary alicyclic amines) is 1. The van der Waals surface area contributed by atoms with Gasteiger partial charge in [-0.3, -0.25) is 14.4 Å². The fourth-order valence-electron chi connectivity index (χ4n) is 5.75. The van der Waals surface area contributed by atoms with Crippen LogP contribution in [-0.2, 0) is 30.3 Å². The van der Waals surface area contributed by atoms with E-state index in [0.717, 1.165) is 17.7 Å². The van der Waals surface area contributed by atoms with Gasteiger partial charge < -0.3 is 30.3 Å². The summed E-state index contributed by atoms with van der Waals surface area (Å²) in [6, 6.07) is 6.64. The highest BCUT2D eigenvalue weighted by Crippen LogP contribution is 2.33. The molecule has 3 N–H and O–H groups in total. The highest BCUT2D eigenvalue weighted by atomic mass is 19.3. The summed E-state index contributed by atoms with van der Waals surface area (Å²) in [6.07, 6.45) is -5.71. The summed E-state index contributed by atoms with van der Waals surface area (Å²) in [6.45, 7) is 10.1. The summed E-state index contributed by atoms with van der Waals surface area (Å²) in [7, 11) is 0. The van der Waals surface area contributed by atoms with E-state index in [1.54, 1.807) is 39.8 Å². The van der Waals surface area contributed by atoms with Gasteiger partial charge in [0.05, 0.1) is 18.3 Å². The fraction of sp³-hybridized carbons (Fsp3) is 0.541. The smallest absolute Gasteiger partial charge is 0.407 e. The van der Waals surface area contributed by atoms with Gasteiger partial charge in [0, 0.05) is 31.0 Å². The Morgan fingerprint density at radius 3 is 2.12 bits per heavy atom. The van der Waals surface area contributed by atoms with Crippen LogP contribution >= 0.6 is 0 Å². The Morgan fingerprint density at radius 1 is 0.923 bits per heavy atom. The Hall–Kier alpha value is -4.69. The molecule has 2 aromatic carbocycles. The van der Waals surface area contributed by atoms with Crippen molar-refractivity contribution < 1.29 is 51.0 Å². The molecule has 52 heavy (non-hydrogen) atoms. The Bertz CT molecular complexity index is 1530. The fourth-order valence-corrected chi connectivity index (χ4v) is 5.75. The van der Waals surface area contributed by atoms with Crippen LogP contribution in [0.3, 0.4) is 0 Å². The van der Waals surface area contributed by atoms with Crippen molar-refractivity contribution >= 4 is 29.8 Å². The van der Waals surface area contributed by atoms with Gasteiger partial charge in [-0.25, -0.2) is 27.2 Å². The normalized spacial score (nSPS) is 16.9. The van der Waals surface area contributed by atoms with Crippen molar-refractivity contribution in [1.29, 1.82) is 0 Å². The third-order valence-corrected chi connectivity index (χ3v) is 8.35. The van der Waals surface area contributed by atoms with Crippen LogP contribution < -0.4 is 16.0 Å².